The molecule has 2 rings (SSSR count). The first-order valence-electron chi connectivity index (χ1n) is 9.76. The van der Waals surface area contributed by atoms with E-state index in [0.29, 0.717) is 18.0 Å². The van der Waals surface area contributed by atoms with Gasteiger partial charge in [0.1, 0.15) is 5.75 Å². The van der Waals surface area contributed by atoms with Crippen LogP contribution in [0.15, 0.2) is 30.6 Å². The zero-order valence-electron chi connectivity index (χ0n) is 16.4. The standard InChI is InChI=1S/C20H32N4O4/c1-14-3-5-16(6-4-14)28-17-7-10-24-15(11-17)12-20(27,19(25)26)18(22)13-23-9-2-8-21/h2,7,9-11,14,16,18,23,27H,3-6,8,12-13,21-22H2,1H3,(H,25,26)/b9-2-/t14?,16?,18-,20+/m0/s1. The van der Waals surface area contributed by atoms with Gasteiger partial charge in [-0.1, -0.05) is 13.0 Å². The lowest BCUT2D eigenvalue weighted by molar-refractivity contribution is -0.160. The summed E-state index contributed by atoms with van der Waals surface area (Å²) in [5.41, 5.74) is 9.57. The van der Waals surface area contributed by atoms with Gasteiger partial charge in [0.25, 0.3) is 0 Å². The molecule has 1 saturated carbocycles. The Labute approximate surface area is 166 Å². The molecule has 1 aliphatic carbocycles. The highest BCUT2D eigenvalue weighted by molar-refractivity contribution is 5.78. The third kappa shape index (κ3) is 6.19. The monoisotopic (exact) mass is 392 g/mol. The molecule has 1 aromatic rings. The number of ether oxygens (including phenoxy) is 1. The first kappa shape index (κ1) is 22.1. The van der Waals surface area contributed by atoms with E-state index in [2.05, 4.69) is 17.2 Å². The third-order valence-corrected chi connectivity index (χ3v) is 5.20. The highest BCUT2D eigenvalue weighted by Crippen LogP contribution is 2.27. The van der Waals surface area contributed by atoms with Gasteiger partial charge in [0.05, 0.1) is 12.1 Å². The predicted molar refractivity (Wildman–Crippen MR) is 107 cm³/mol. The molecule has 1 aliphatic rings. The van der Waals surface area contributed by atoms with Crippen molar-refractivity contribution in [3.8, 4) is 5.75 Å². The lowest BCUT2D eigenvalue weighted by atomic mass is 9.88. The first-order chi connectivity index (χ1) is 13.3. The number of hydrogen-bond acceptors (Lipinski definition) is 7. The normalized spacial score (nSPS) is 23.1. The lowest BCUT2D eigenvalue weighted by Gasteiger charge is -2.30. The summed E-state index contributed by atoms with van der Waals surface area (Å²) in [6.07, 6.45) is 9.04. The first-order valence-corrected chi connectivity index (χ1v) is 9.76. The van der Waals surface area contributed by atoms with Gasteiger partial charge in [0.15, 0.2) is 5.60 Å². The van der Waals surface area contributed by atoms with Crippen LogP contribution in [-0.2, 0) is 11.2 Å². The van der Waals surface area contributed by atoms with Crippen molar-refractivity contribution in [1.29, 1.82) is 0 Å². The number of aliphatic carboxylic acids is 1. The number of nitrogens with one attached hydrogen (secondary N) is 1. The number of hydrogen-bond donors (Lipinski definition) is 5. The van der Waals surface area contributed by atoms with Crippen LogP contribution in [0.4, 0.5) is 0 Å². The van der Waals surface area contributed by atoms with Crippen LogP contribution in [0.5, 0.6) is 5.75 Å². The second-order valence-corrected chi connectivity index (χ2v) is 7.54. The van der Waals surface area contributed by atoms with E-state index in [4.69, 9.17) is 16.2 Å². The maximum atomic E-state index is 11.7. The topological polar surface area (TPSA) is 144 Å². The molecule has 1 aromatic heterocycles. The summed E-state index contributed by atoms with van der Waals surface area (Å²) < 4.78 is 6.04. The molecule has 8 nitrogen and oxygen atoms in total. The van der Waals surface area contributed by atoms with E-state index in [-0.39, 0.29) is 19.1 Å². The summed E-state index contributed by atoms with van der Waals surface area (Å²) in [7, 11) is 0. The van der Waals surface area contributed by atoms with Crippen LogP contribution < -0.4 is 21.5 Å². The maximum Gasteiger partial charge on any atom is 0.337 e. The van der Waals surface area contributed by atoms with Crippen LogP contribution in [0.3, 0.4) is 0 Å². The highest BCUT2D eigenvalue weighted by Gasteiger charge is 2.42. The van der Waals surface area contributed by atoms with Gasteiger partial charge >= 0.3 is 5.97 Å². The minimum absolute atomic E-state index is 0.0791. The van der Waals surface area contributed by atoms with Crippen LogP contribution in [0.1, 0.15) is 38.3 Å². The molecule has 1 fully saturated rings. The van der Waals surface area contributed by atoms with Crippen LogP contribution in [0, 0.1) is 5.92 Å². The molecule has 0 amide bonds. The van der Waals surface area contributed by atoms with Crippen LogP contribution in [0.2, 0.25) is 0 Å². The number of aromatic nitrogens is 1. The third-order valence-electron chi connectivity index (χ3n) is 5.20. The number of carbonyl (C=O) groups is 1. The molecule has 7 N–H and O–H groups in total. The molecule has 0 radical (unpaired) electrons. The zero-order chi connectivity index (χ0) is 20.6. The number of nitrogens with two attached hydrogens (primary N) is 2. The molecule has 0 saturated heterocycles. The highest BCUT2D eigenvalue weighted by atomic mass is 16.5. The van der Waals surface area contributed by atoms with Gasteiger partial charge in [-0.25, -0.2) is 4.79 Å². The van der Waals surface area contributed by atoms with Crippen molar-refractivity contribution in [2.75, 3.05) is 13.1 Å². The van der Waals surface area contributed by atoms with Crippen molar-refractivity contribution in [2.24, 2.45) is 17.4 Å². The largest absolute Gasteiger partial charge is 0.490 e. The quantitative estimate of drug-likeness (QED) is 0.393. The molecular weight excluding hydrogens is 360 g/mol. The van der Waals surface area contributed by atoms with Gasteiger partial charge in [-0.15, -0.1) is 0 Å². The summed E-state index contributed by atoms with van der Waals surface area (Å²) >= 11 is 0. The lowest BCUT2D eigenvalue weighted by Crippen LogP contribution is -2.59. The Balaban J connectivity index is 2.03. The molecule has 2 atom stereocenters. The van der Waals surface area contributed by atoms with Gasteiger partial charge in [-0.3, -0.25) is 4.98 Å². The van der Waals surface area contributed by atoms with Gasteiger partial charge in [-0.2, -0.15) is 0 Å². The molecule has 1 heterocycles. The number of pyridine rings is 1. The van der Waals surface area contributed by atoms with Crippen LogP contribution in [0.25, 0.3) is 0 Å². The van der Waals surface area contributed by atoms with E-state index in [9.17, 15) is 15.0 Å². The molecule has 0 unspecified atom stereocenters. The molecule has 28 heavy (non-hydrogen) atoms. The Morgan fingerprint density at radius 1 is 1.46 bits per heavy atom. The molecule has 156 valence electrons. The fourth-order valence-corrected chi connectivity index (χ4v) is 3.32. The molecule has 0 spiro atoms. The van der Waals surface area contributed by atoms with E-state index >= 15 is 0 Å². The summed E-state index contributed by atoms with van der Waals surface area (Å²) in [4.78, 5) is 15.9. The number of nitrogens with zero attached hydrogens (tertiary/aromatic N) is 1. The Hall–Kier alpha value is -2.16. The SMILES string of the molecule is CC1CCC(Oc2ccnc(C[C@](O)(C(=O)O)[C@@H](N)CN/C=C\CN)c2)CC1. The smallest absolute Gasteiger partial charge is 0.337 e. The molecule has 8 heteroatoms. The van der Waals surface area contributed by atoms with Crippen molar-refractivity contribution < 1.29 is 19.7 Å². The minimum atomic E-state index is -2.16. The van der Waals surface area contributed by atoms with Crippen molar-refractivity contribution in [3.05, 3.63) is 36.3 Å². The fourth-order valence-electron chi connectivity index (χ4n) is 3.32. The van der Waals surface area contributed by atoms with Crippen molar-refractivity contribution in [2.45, 2.75) is 56.8 Å². The summed E-state index contributed by atoms with van der Waals surface area (Å²) in [5.74, 6) is -0.0259. The van der Waals surface area contributed by atoms with Gasteiger partial charge < -0.3 is 31.7 Å². The Morgan fingerprint density at radius 3 is 2.82 bits per heavy atom. The molecule has 0 aromatic carbocycles. The summed E-state index contributed by atoms with van der Waals surface area (Å²) in [6.45, 7) is 2.68. The minimum Gasteiger partial charge on any atom is -0.490 e. The van der Waals surface area contributed by atoms with Gasteiger partial charge in [0.2, 0.25) is 0 Å². The Kier molecular flexibility index (Phi) is 8.22. The fraction of sp³-hybridized carbons (Fsp3) is 0.600. The number of carboxylic acid groups (broad SMARTS) is 1. The van der Waals surface area contributed by atoms with E-state index in [1.165, 1.54) is 0 Å². The van der Waals surface area contributed by atoms with Gasteiger partial charge in [0, 0.05) is 37.5 Å². The molecular formula is C20H32N4O4. The predicted octanol–water partition coefficient (Wildman–Crippen LogP) is 0.787. The van der Waals surface area contributed by atoms with E-state index in [0.717, 1.165) is 31.6 Å². The van der Waals surface area contributed by atoms with Crippen molar-refractivity contribution in [1.82, 2.24) is 10.3 Å². The number of carboxylic acids is 1. The summed E-state index contributed by atoms with van der Waals surface area (Å²) in [5, 5.41) is 23.1. The maximum absolute atomic E-state index is 11.7. The number of aliphatic hydroxyl groups is 1. The molecule has 0 aliphatic heterocycles. The van der Waals surface area contributed by atoms with Crippen LogP contribution in [-0.4, -0.2) is 52.0 Å². The van der Waals surface area contributed by atoms with Crippen molar-refractivity contribution in [3.63, 3.8) is 0 Å². The van der Waals surface area contributed by atoms with Crippen molar-refractivity contribution >= 4 is 5.97 Å². The zero-order valence-corrected chi connectivity index (χ0v) is 16.4. The second kappa shape index (κ2) is 10.4. The average Bonchev–Trinajstić information content (AvgIpc) is 2.67. The Bertz CT molecular complexity index is 661. The Morgan fingerprint density at radius 2 is 2.18 bits per heavy atom. The number of rotatable bonds is 10. The van der Waals surface area contributed by atoms with Crippen LogP contribution >= 0.6 is 0 Å². The van der Waals surface area contributed by atoms with E-state index in [1.54, 1.807) is 30.6 Å². The summed E-state index contributed by atoms with van der Waals surface area (Å²) in [6, 6.07) is 2.39. The molecule has 0 bridgehead atoms. The van der Waals surface area contributed by atoms with E-state index in [1.807, 2.05) is 0 Å². The van der Waals surface area contributed by atoms with E-state index < -0.39 is 17.6 Å². The average molecular weight is 393 g/mol. The second-order valence-electron chi connectivity index (χ2n) is 7.54. The van der Waals surface area contributed by atoms with Gasteiger partial charge in [-0.05, 0) is 43.9 Å².